The molecule has 0 radical (unpaired) electrons. The van der Waals surface area contributed by atoms with E-state index in [1.807, 2.05) is 11.8 Å². The van der Waals surface area contributed by atoms with Gasteiger partial charge < -0.3 is 5.32 Å². The predicted octanol–water partition coefficient (Wildman–Crippen LogP) is 4.20. The van der Waals surface area contributed by atoms with E-state index in [0.29, 0.717) is 16.6 Å². The summed E-state index contributed by atoms with van der Waals surface area (Å²) in [6, 6.07) is 8.76. The first-order valence-electron chi connectivity index (χ1n) is 8.23. The van der Waals surface area contributed by atoms with E-state index in [4.69, 9.17) is 11.6 Å². The van der Waals surface area contributed by atoms with Crippen LogP contribution in [0.5, 0.6) is 0 Å². The standard InChI is InChI=1S/C10H13NS.C8H9ClN2O/c1-8-2-4-9(5-3-8)12-10-6-11-7-10;1-4(12)7-6(9)8(11-10-7)5-2-3-5/h2-5,10-11H,6-7H2,1H3;5H,2-3H2,1H3,(H,10,11). The number of benzene rings is 1. The summed E-state index contributed by atoms with van der Waals surface area (Å²) < 4.78 is 0. The number of hydrogen-bond donors (Lipinski definition) is 2. The lowest BCUT2D eigenvalue weighted by atomic mass is 10.2. The summed E-state index contributed by atoms with van der Waals surface area (Å²) in [6.45, 7) is 5.93. The Hall–Kier alpha value is -1.30. The molecule has 2 fully saturated rings. The molecule has 2 N–H and O–H groups in total. The second-order valence-corrected chi connectivity index (χ2v) is 8.09. The molecule has 24 heavy (non-hydrogen) atoms. The lowest BCUT2D eigenvalue weighted by Gasteiger charge is -2.26. The third-order valence-corrected chi connectivity index (χ3v) is 5.71. The van der Waals surface area contributed by atoms with Crippen molar-refractivity contribution in [3.8, 4) is 0 Å². The van der Waals surface area contributed by atoms with Crippen LogP contribution in [-0.4, -0.2) is 34.3 Å². The number of Topliss-reactive ketones (excluding diaryl/α,β-unsaturated/α-hetero) is 1. The van der Waals surface area contributed by atoms with Crippen LogP contribution in [0.15, 0.2) is 29.2 Å². The first-order chi connectivity index (χ1) is 11.5. The van der Waals surface area contributed by atoms with Crippen LogP contribution in [0.3, 0.4) is 0 Å². The minimum atomic E-state index is -0.0804. The number of carbonyl (C=O) groups is 1. The van der Waals surface area contributed by atoms with E-state index in [9.17, 15) is 4.79 Å². The molecule has 1 aliphatic heterocycles. The molecule has 0 atom stereocenters. The Labute approximate surface area is 151 Å². The molecule has 1 saturated heterocycles. The van der Waals surface area contributed by atoms with Gasteiger partial charge in [-0.3, -0.25) is 9.89 Å². The number of rotatable bonds is 4. The van der Waals surface area contributed by atoms with Crippen molar-refractivity contribution in [2.75, 3.05) is 13.1 Å². The number of aromatic amines is 1. The highest BCUT2D eigenvalue weighted by molar-refractivity contribution is 8.00. The molecule has 0 spiro atoms. The van der Waals surface area contributed by atoms with E-state index in [1.54, 1.807) is 0 Å². The first-order valence-corrected chi connectivity index (χ1v) is 9.49. The van der Waals surface area contributed by atoms with Crippen molar-refractivity contribution in [2.45, 2.75) is 42.8 Å². The van der Waals surface area contributed by atoms with Crippen LogP contribution in [0.25, 0.3) is 0 Å². The first kappa shape index (κ1) is 17.5. The summed E-state index contributed by atoms with van der Waals surface area (Å²) in [5.41, 5.74) is 2.64. The largest absolute Gasteiger partial charge is 0.314 e. The van der Waals surface area contributed by atoms with Gasteiger partial charge in [0.25, 0.3) is 0 Å². The molecule has 1 aliphatic carbocycles. The number of thioether (sulfide) groups is 1. The molecule has 0 amide bonds. The molecule has 2 aromatic rings. The zero-order valence-electron chi connectivity index (χ0n) is 13.9. The third-order valence-electron chi connectivity index (χ3n) is 4.12. The van der Waals surface area contributed by atoms with Crippen molar-refractivity contribution < 1.29 is 4.79 Å². The van der Waals surface area contributed by atoms with E-state index in [-0.39, 0.29) is 5.78 Å². The molecule has 128 valence electrons. The molecule has 1 saturated carbocycles. The van der Waals surface area contributed by atoms with Gasteiger partial charge in [-0.2, -0.15) is 5.10 Å². The van der Waals surface area contributed by atoms with Gasteiger partial charge in [-0.05, 0) is 31.9 Å². The quantitative estimate of drug-likeness (QED) is 0.799. The van der Waals surface area contributed by atoms with Gasteiger partial charge in [0.2, 0.25) is 0 Å². The van der Waals surface area contributed by atoms with Crippen LogP contribution in [0.2, 0.25) is 5.02 Å². The van der Waals surface area contributed by atoms with Crippen LogP contribution in [0.4, 0.5) is 0 Å². The molecule has 2 heterocycles. The van der Waals surface area contributed by atoms with Crippen molar-refractivity contribution in [3.63, 3.8) is 0 Å². The summed E-state index contributed by atoms with van der Waals surface area (Å²) in [6.07, 6.45) is 2.30. The number of H-pyrrole nitrogens is 1. The number of aromatic nitrogens is 2. The smallest absolute Gasteiger partial charge is 0.181 e. The number of halogens is 1. The topological polar surface area (TPSA) is 57.8 Å². The number of carbonyl (C=O) groups excluding carboxylic acids is 1. The second kappa shape index (κ2) is 7.72. The van der Waals surface area contributed by atoms with E-state index < -0.39 is 0 Å². The van der Waals surface area contributed by atoms with E-state index in [0.717, 1.165) is 23.8 Å². The number of hydrogen-bond acceptors (Lipinski definition) is 4. The Bertz CT molecular complexity index is 706. The van der Waals surface area contributed by atoms with Crippen LogP contribution >= 0.6 is 23.4 Å². The molecule has 0 bridgehead atoms. The molecule has 4 rings (SSSR count). The number of nitrogens with one attached hydrogen (secondary N) is 2. The van der Waals surface area contributed by atoms with Gasteiger partial charge in [0.15, 0.2) is 5.78 Å². The molecule has 1 aromatic heterocycles. The minimum Gasteiger partial charge on any atom is -0.314 e. The highest BCUT2D eigenvalue weighted by atomic mass is 35.5. The fraction of sp³-hybridized carbons (Fsp3) is 0.444. The lowest BCUT2D eigenvalue weighted by molar-refractivity contribution is 0.101. The van der Waals surface area contributed by atoms with Gasteiger partial charge >= 0.3 is 0 Å². The number of aryl methyl sites for hydroxylation is 1. The Kier molecular flexibility index (Phi) is 5.64. The van der Waals surface area contributed by atoms with Gasteiger partial charge in [-0.15, -0.1) is 11.8 Å². The van der Waals surface area contributed by atoms with Gasteiger partial charge in [-0.1, -0.05) is 29.3 Å². The van der Waals surface area contributed by atoms with Crippen molar-refractivity contribution >= 4 is 29.1 Å². The van der Waals surface area contributed by atoms with Crippen LogP contribution < -0.4 is 5.32 Å². The highest BCUT2D eigenvalue weighted by Gasteiger charge is 2.29. The van der Waals surface area contributed by atoms with Crippen LogP contribution in [0, 0.1) is 6.92 Å². The molecule has 0 unspecified atom stereocenters. The summed E-state index contributed by atoms with van der Waals surface area (Å²) in [5.74, 6) is 0.432. The van der Waals surface area contributed by atoms with Crippen molar-refractivity contribution in [1.29, 1.82) is 0 Å². The normalized spacial score (nSPS) is 17.0. The van der Waals surface area contributed by atoms with E-state index in [2.05, 4.69) is 46.7 Å². The van der Waals surface area contributed by atoms with Gasteiger partial charge in [-0.25, -0.2) is 0 Å². The maximum Gasteiger partial charge on any atom is 0.181 e. The second-order valence-electron chi connectivity index (χ2n) is 6.34. The molecule has 6 heteroatoms. The van der Waals surface area contributed by atoms with Gasteiger partial charge in [0, 0.05) is 36.1 Å². The lowest BCUT2D eigenvalue weighted by Crippen LogP contribution is -2.44. The molecule has 2 aliphatic rings. The average molecular weight is 364 g/mol. The molecule has 1 aromatic carbocycles. The summed E-state index contributed by atoms with van der Waals surface area (Å²) >= 11 is 7.92. The Morgan fingerprint density at radius 1 is 1.25 bits per heavy atom. The van der Waals surface area contributed by atoms with E-state index >= 15 is 0 Å². The third kappa shape index (κ3) is 4.41. The van der Waals surface area contributed by atoms with Gasteiger partial charge in [0.05, 0.1) is 10.7 Å². The zero-order chi connectivity index (χ0) is 17.1. The molecular weight excluding hydrogens is 342 g/mol. The number of ketones is 1. The SMILES string of the molecule is CC(=O)c1n[nH]c(C2CC2)c1Cl.Cc1ccc(SC2CNC2)cc1. The van der Waals surface area contributed by atoms with E-state index in [1.165, 1.54) is 30.5 Å². The minimum absolute atomic E-state index is 0.0804. The summed E-state index contributed by atoms with van der Waals surface area (Å²) in [5, 5.41) is 11.3. The fourth-order valence-corrected chi connectivity index (χ4v) is 3.82. The van der Waals surface area contributed by atoms with Crippen LogP contribution in [-0.2, 0) is 0 Å². The fourth-order valence-electron chi connectivity index (χ4n) is 2.37. The predicted molar refractivity (Wildman–Crippen MR) is 99.3 cm³/mol. The van der Waals surface area contributed by atoms with Crippen molar-refractivity contribution in [1.82, 2.24) is 15.5 Å². The summed E-state index contributed by atoms with van der Waals surface area (Å²) in [4.78, 5) is 12.4. The Morgan fingerprint density at radius 2 is 1.92 bits per heavy atom. The summed E-state index contributed by atoms with van der Waals surface area (Å²) in [7, 11) is 0. The molecular formula is C18H22ClN3OS. The average Bonchev–Trinajstić information content (AvgIpc) is 3.28. The van der Waals surface area contributed by atoms with Crippen LogP contribution in [0.1, 0.15) is 47.4 Å². The van der Waals surface area contributed by atoms with Gasteiger partial charge in [0.1, 0.15) is 5.69 Å². The number of nitrogens with zero attached hydrogens (tertiary/aromatic N) is 1. The maximum absolute atomic E-state index is 11.0. The maximum atomic E-state index is 11.0. The van der Waals surface area contributed by atoms with Crippen molar-refractivity contribution in [2.24, 2.45) is 0 Å². The zero-order valence-corrected chi connectivity index (χ0v) is 15.5. The Morgan fingerprint density at radius 3 is 2.38 bits per heavy atom. The van der Waals surface area contributed by atoms with Crippen molar-refractivity contribution in [3.05, 3.63) is 46.2 Å². The Balaban J connectivity index is 0.000000141. The highest BCUT2D eigenvalue weighted by Crippen LogP contribution is 2.42. The monoisotopic (exact) mass is 363 g/mol. The molecule has 4 nitrogen and oxygen atoms in total.